The van der Waals surface area contributed by atoms with E-state index in [2.05, 4.69) is 34.6 Å². The third-order valence-electron chi connectivity index (χ3n) is 5.44. The summed E-state index contributed by atoms with van der Waals surface area (Å²) in [6.07, 6.45) is 13.4. The maximum atomic E-state index is 6.09. The highest BCUT2D eigenvalue weighted by atomic mass is 16.5. The Morgan fingerprint density at radius 1 is 0.750 bits per heavy atom. The zero-order chi connectivity index (χ0) is 15.4. The summed E-state index contributed by atoms with van der Waals surface area (Å²) in [4.78, 5) is 0. The van der Waals surface area contributed by atoms with Crippen LogP contribution < -0.4 is 0 Å². The first-order valence-corrected chi connectivity index (χ1v) is 9.14. The van der Waals surface area contributed by atoms with Crippen LogP contribution in [0.5, 0.6) is 0 Å². The van der Waals surface area contributed by atoms with Gasteiger partial charge < -0.3 is 4.74 Å². The van der Waals surface area contributed by atoms with Crippen LogP contribution in [0.1, 0.15) is 98.8 Å². The molecule has 0 amide bonds. The molecule has 0 aliphatic carbocycles. The van der Waals surface area contributed by atoms with Crippen LogP contribution in [-0.4, -0.2) is 12.7 Å². The average molecular weight is 285 g/mol. The molecule has 0 heterocycles. The van der Waals surface area contributed by atoms with Crippen LogP contribution in [0, 0.1) is 11.8 Å². The molecule has 0 aromatic rings. The van der Waals surface area contributed by atoms with Crippen molar-refractivity contribution >= 4 is 0 Å². The highest BCUT2D eigenvalue weighted by Gasteiger charge is 2.39. The van der Waals surface area contributed by atoms with Gasteiger partial charge in [-0.05, 0) is 18.3 Å². The number of hydrogen-bond acceptors (Lipinski definition) is 1. The average Bonchev–Trinajstić information content (AvgIpc) is 2.49. The molecule has 0 fully saturated rings. The summed E-state index contributed by atoms with van der Waals surface area (Å²) in [5.74, 6) is 1.31. The lowest BCUT2D eigenvalue weighted by Crippen LogP contribution is -2.44. The summed E-state index contributed by atoms with van der Waals surface area (Å²) < 4.78 is 6.09. The number of hydrogen-bond donors (Lipinski definition) is 0. The molecule has 20 heavy (non-hydrogen) atoms. The Balaban J connectivity index is 4.23. The zero-order valence-electron chi connectivity index (χ0n) is 15.1. The Labute approximate surface area is 128 Å². The van der Waals surface area contributed by atoms with Gasteiger partial charge >= 0.3 is 0 Å². The second kappa shape index (κ2) is 11.6. The molecule has 1 nitrogen and oxygen atoms in total. The summed E-state index contributed by atoms with van der Waals surface area (Å²) in [7, 11) is 1.93. The molecule has 0 aliphatic heterocycles. The van der Waals surface area contributed by atoms with Gasteiger partial charge in [-0.3, -0.25) is 0 Å². The molecular weight excluding hydrogens is 244 g/mol. The molecule has 0 saturated heterocycles. The van der Waals surface area contributed by atoms with Crippen molar-refractivity contribution in [3.8, 4) is 0 Å². The van der Waals surface area contributed by atoms with Gasteiger partial charge in [0, 0.05) is 7.11 Å². The van der Waals surface area contributed by atoms with Gasteiger partial charge in [0.1, 0.15) is 0 Å². The molecule has 0 radical (unpaired) electrons. The number of rotatable bonds is 13. The van der Waals surface area contributed by atoms with E-state index in [0.29, 0.717) is 11.8 Å². The predicted molar refractivity (Wildman–Crippen MR) is 91.3 cm³/mol. The van der Waals surface area contributed by atoms with Crippen molar-refractivity contribution in [1.29, 1.82) is 0 Å². The molecule has 2 atom stereocenters. The van der Waals surface area contributed by atoms with Crippen LogP contribution in [0.25, 0.3) is 0 Å². The second-order valence-corrected chi connectivity index (χ2v) is 6.65. The third kappa shape index (κ3) is 6.16. The van der Waals surface area contributed by atoms with E-state index in [4.69, 9.17) is 4.74 Å². The van der Waals surface area contributed by atoms with Gasteiger partial charge in [0.05, 0.1) is 5.60 Å². The van der Waals surface area contributed by atoms with E-state index in [-0.39, 0.29) is 5.60 Å². The fraction of sp³-hybridized carbons (Fsp3) is 1.00. The molecular formula is C19H40O. The highest BCUT2D eigenvalue weighted by Crippen LogP contribution is 2.38. The second-order valence-electron chi connectivity index (χ2n) is 6.65. The molecule has 0 rings (SSSR count). The first-order chi connectivity index (χ1) is 9.58. The van der Waals surface area contributed by atoms with Crippen molar-refractivity contribution < 1.29 is 4.74 Å². The van der Waals surface area contributed by atoms with E-state index in [1.165, 1.54) is 64.2 Å². The summed E-state index contributed by atoms with van der Waals surface area (Å²) in [5, 5.41) is 0. The van der Waals surface area contributed by atoms with Crippen LogP contribution in [0.3, 0.4) is 0 Å². The van der Waals surface area contributed by atoms with E-state index < -0.39 is 0 Å². The number of ether oxygens (including phenoxy) is 1. The molecule has 122 valence electrons. The molecule has 0 aliphatic rings. The quantitative estimate of drug-likeness (QED) is 0.346. The lowest BCUT2D eigenvalue weighted by atomic mass is 9.73. The zero-order valence-corrected chi connectivity index (χ0v) is 15.1. The maximum absolute atomic E-state index is 6.09. The van der Waals surface area contributed by atoms with E-state index >= 15 is 0 Å². The van der Waals surface area contributed by atoms with Crippen LogP contribution >= 0.6 is 0 Å². The fourth-order valence-corrected chi connectivity index (χ4v) is 3.53. The van der Waals surface area contributed by atoms with Gasteiger partial charge in [-0.1, -0.05) is 92.4 Å². The van der Waals surface area contributed by atoms with Gasteiger partial charge in [-0.2, -0.15) is 0 Å². The largest absolute Gasteiger partial charge is 0.378 e. The Hall–Kier alpha value is -0.0400. The number of methoxy groups -OCH3 is 1. The topological polar surface area (TPSA) is 9.23 Å². The molecule has 1 heteroatoms. The van der Waals surface area contributed by atoms with Crippen molar-refractivity contribution in [2.45, 2.75) is 104 Å². The van der Waals surface area contributed by atoms with E-state index in [1.54, 1.807) is 0 Å². The van der Waals surface area contributed by atoms with Crippen LogP contribution in [0.15, 0.2) is 0 Å². The summed E-state index contributed by atoms with van der Waals surface area (Å²) in [6.45, 7) is 11.6. The predicted octanol–water partition coefficient (Wildman–Crippen LogP) is 6.60. The van der Waals surface area contributed by atoms with Gasteiger partial charge in [0.2, 0.25) is 0 Å². The minimum absolute atomic E-state index is 0.104. The molecule has 2 unspecified atom stereocenters. The highest BCUT2D eigenvalue weighted by molar-refractivity contribution is 4.89. The summed E-state index contributed by atoms with van der Waals surface area (Å²) in [5.41, 5.74) is 0.104. The minimum atomic E-state index is 0.104. The van der Waals surface area contributed by atoms with Crippen LogP contribution in [-0.2, 0) is 4.74 Å². The standard InChI is InChI=1S/C19H40O/c1-7-10-11-12-13-14-15-16-19(20-6,17(4)8-2)18(5)9-3/h17-18H,7-16H2,1-6H3. The fourth-order valence-electron chi connectivity index (χ4n) is 3.53. The summed E-state index contributed by atoms with van der Waals surface area (Å²) in [6, 6.07) is 0. The maximum Gasteiger partial charge on any atom is 0.0729 e. The molecule has 0 spiro atoms. The SMILES string of the molecule is CCCCCCCCCC(OC)(C(C)CC)C(C)CC. The molecule has 0 aromatic carbocycles. The van der Waals surface area contributed by atoms with Crippen molar-refractivity contribution in [2.75, 3.05) is 7.11 Å². The van der Waals surface area contributed by atoms with Crippen LogP contribution in [0.2, 0.25) is 0 Å². The van der Waals surface area contributed by atoms with Crippen molar-refractivity contribution in [2.24, 2.45) is 11.8 Å². The van der Waals surface area contributed by atoms with Gasteiger partial charge in [0.15, 0.2) is 0 Å². The Kier molecular flexibility index (Phi) is 11.6. The van der Waals surface area contributed by atoms with Crippen molar-refractivity contribution in [1.82, 2.24) is 0 Å². The van der Waals surface area contributed by atoms with E-state index in [9.17, 15) is 0 Å². The Morgan fingerprint density at radius 3 is 1.60 bits per heavy atom. The lowest BCUT2D eigenvalue weighted by molar-refractivity contribution is -0.102. The first-order valence-electron chi connectivity index (χ1n) is 9.14. The number of unbranched alkanes of at least 4 members (excludes halogenated alkanes) is 6. The molecule has 0 saturated carbocycles. The Bertz CT molecular complexity index is 202. The van der Waals surface area contributed by atoms with Gasteiger partial charge in [-0.25, -0.2) is 0 Å². The molecule has 0 N–H and O–H groups in total. The molecule has 0 bridgehead atoms. The normalized spacial score (nSPS) is 17.7. The van der Waals surface area contributed by atoms with Crippen molar-refractivity contribution in [3.05, 3.63) is 0 Å². The van der Waals surface area contributed by atoms with E-state index in [0.717, 1.165) is 0 Å². The van der Waals surface area contributed by atoms with Crippen LogP contribution in [0.4, 0.5) is 0 Å². The third-order valence-corrected chi connectivity index (χ3v) is 5.44. The van der Waals surface area contributed by atoms with Gasteiger partial charge in [0.25, 0.3) is 0 Å². The molecule has 0 aromatic heterocycles. The van der Waals surface area contributed by atoms with Gasteiger partial charge in [-0.15, -0.1) is 0 Å². The Morgan fingerprint density at radius 2 is 1.20 bits per heavy atom. The smallest absolute Gasteiger partial charge is 0.0729 e. The first kappa shape index (κ1) is 20.0. The van der Waals surface area contributed by atoms with E-state index in [1.807, 2.05) is 7.11 Å². The van der Waals surface area contributed by atoms with Crippen molar-refractivity contribution in [3.63, 3.8) is 0 Å². The minimum Gasteiger partial charge on any atom is -0.378 e. The monoisotopic (exact) mass is 284 g/mol. The lowest BCUT2D eigenvalue weighted by Gasteiger charge is -2.43. The summed E-state index contributed by atoms with van der Waals surface area (Å²) >= 11 is 0.